The number of sulfone groups is 1. The van der Waals surface area contributed by atoms with Crippen molar-refractivity contribution in [1.82, 2.24) is 9.88 Å². The Morgan fingerprint density at radius 3 is 2.67 bits per heavy atom. The molecule has 0 spiro atoms. The highest BCUT2D eigenvalue weighted by atomic mass is 35.5. The number of halogens is 1. The third-order valence-corrected chi connectivity index (χ3v) is 6.99. The predicted molar refractivity (Wildman–Crippen MR) is 109 cm³/mol. The minimum atomic E-state index is -3.63. The summed E-state index contributed by atoms with van der Waals surface area (Å²) in [5.41, 5.74) is 1.55. The van der Waals surface area contributed by atoms with E-state index < -0.39 is 9.84 Å². The fraction of sp³-hybridized carbons (Fsp3) is 0.300. The lowest BCUT2D eigenvalue weighted by atomic mass is 10.1. The molecule has 0 bridgehead atoms. The summed E-state index contributed by atoms with van der Waals surface area (Å²) in [5, 5.41) is 5.04. The molecule has 27 heavy (non-hydrogen) atoms. The Labute approximate surface area is 164 Å². The van der Waals surface area contributed by atoms with Crippen molar-refractivity contribution in [3.63, 3.8) is 0 Å². The summed E-state index contributed by atoms with van der Waals surface area (Å²) in [7, 11) is -1.51. The smallest absolute Gasteiger partial charge is 0.221 e. The second-order valence-corrected chi connectivity index (χ2v) is 9.47. The summed E-state index contributed by atoms with van der Waals surface area (Å²) < 4.78 is 26.2. The maximum atomic E-state index is 13.1. The number of fused-ring (bicyclic) bond motifs is 1. The zero-order valence-corrected chi connectivity index (χ0v) is 16.6. The SMILES string of the molecule is CN1CCC(Nc2cccc(S(=O)(=O)c3cc4ccc(Cl)cc4[nH]3)c2)CC1. The molecular weight excluding hydrogens is 382 g/mol. The van der Waals surface area contributed by atoms with Crippen molar-refractivity contribution in [1.29, 1.82) is 0 Å². The van der Waals surface area contributed by atoms with Gasteiger partial charge in [-0.3, -0.25) is 0 Å². The van der Waals surface area contributed by atoms with Gasteiger partial charge in [-0.05, 0) is 69.4 Å². The average Bonchev–Trinajstić information content (AvgIpc) is 3.08. The molecule has 0 saturated carbocycles. The van der Waals surface area contributed by atoms with E-state index in [-0.39, 0.29) is 9.92 Å². The molecule has 2 heterocycles. The van der Waals surface area contributed by atoms with Gasteiger partial charge in [0, 0.05) is 27.7 Å². The number of aromatic amines is 1. The molecule has 1 aliphatic heterocycles. The number of aromatic nitrogens is 1. The van der Waals surface area contributed by atoms with Crippen LogP contribution in [0.25, 0.3) is 10.9 Å². The number of nitrogens with one attached hydrogen (secondary N) is 2. The highest BCUT2D eigenvalue weighted by molar-refractivity contribution is 7.91. The second-order valence-electron chi connectivity index (χ2n) is 7.12. The topological polar surface area (TPSA) is 65.2 Å². The molecule has 7 heteroatoms. The zero-order valence-electron chi connectivity index (χ0n) is 15.1. The van der Waals surface area contributed by atoms with Gasteiger partial charge in [0.1, 0.15) is 5.03 Å². The Hall–Kier alpha value is -2.02. The summed E-state index contributed by atoms with van der Waals surface area (Å²) in [6.45, 7) is 2.10. The van der Waals surface area contributed by atoms with Gasteiger partial charge in [-0.15, -0.1) is 0 Å². The van der Waals surface area contributed by atoms with Gasteiger partial charge in [-0.2, -0.15) is 0 Å². The number of H-pyrrole nitrogens is 1. The third kappa shape index (κ3) is 3.83. The lowest BCUT2D eigenvalue weighted by molar-refractivity contribution is 0.264. The first-order valence-electron chi connectivity index (χ1n) is 9.00. The minimum absolute atomic E-state index is 0.177. The molecule has 5 nitrogen and oxygen atoms in total. The molecule has 0 amide bonds. The Morgan fingerprint density at radius 2 is 1.89 bits per heavy atom. The Morgan fingerprint density at radius 1 is 1.11 bits per heavy atom. The number of rotatable bonds is 4. The van der Waals surface area contributed by atoms with Crippen LogP contribution in [-0.4, -0.2) is 44.5 Å². The maximum Gasteiger partial charge on any atom is 0.221 e. The number of anilines is 1. The van der Waals surface area contributed by atoms with Gasteiger partial charge in [0.05, 0.1) is 4.90 Å². The lowest BCUT2D eigenvalue weighted by Gasteiger charge is -2.30. The van der Waals surface area contributed by atoms with Crippen LogP contribution in [0, 0.1) is 0 Å². The van der Waals surface area contributed by atoms with E-state index in [1.165, 1.54) is 0 Å². The van der Waals surface area contributed by atoms with Crippen molar-refractivity contribution in [3.05, 3.63) is 53.6 Å². The largest absolute Gasteiger partial charge is 0.382 e. The van der Waals surface area contributed by atoms with Gasteiger partial charge in [0.25, 0.3) is 0 Å². The first-order chi connectivity index (χ1) is 12.9. The maximum absolute atomic E-state index is 13.1. The molecular formula is C20H22ClN3O2S. The zero-order chi connectivity index (χ0) is 19.0. The van der Waals surface area contributed by atoms with Crippen LogP contribution in [-0.2, 0) is 9.84 Å². The van der Waals surface area contributed by atoms with Gasteiger partial charge in [-0.1, -0.05) is 23.7 Å². The standard InChI is InChI=1S/C20H22ClN3O2S/c1-24-9-7-16(8-10-24)22-17-3-2-4-18(13-17)27(25,26)20-11-14-5-6-15(21)12-19(14)23-20/h2-6,11-13,16,22-23H,7-10H2,1H3. The fourth-order valence-corrected chi connectivity index (χ4v) is 4.98. The number of nitrogens with zero attached hydrogens (tertiary/aromatic N) is 1. The Bertz CT molecular complexity index is 1070. The summed E-state index contributed by atoms with van der Waals surface area (Å²) in [4.78, 5) is 5.57. The predicted octanol–water partition coefficient (Wildman–Crippen LogP) is 4.16. The molecule has 1 fully saturated rings. The monoisotopic (exact) mass is 403 g/mol. The van der Waals surface area contributed by atoms with E-state index in [1.54, 1.807) is 36.4 Å². The normalized spacial score (nSPS) is 16.7. The summed E-state index contributed by atoms with van der Waals surface area (Å²) >= 11 is 6.00. The lowest BCUT2D eigenvalue weighted by Crippen LogP contribution is -2.36. The molecule has 1 aliphatic rings. The summed E-state index contributed by atoms with van der Waals surface area (Å²) in [5.74, 6) is 0. The van der Waals surface area contributed by atoms with Crippen LogP contribution in [0.1, 0.15) is 12.8 Å². The molecule has 4 rings (SSSR count). The van der Waals surface area contributed by atoms with E-state index in [9.17, 15) is 8.42 Å². The average molecular weight is 404 g/mol. The van der Waals surface area contributed by atoms with Gasteiger partial charge in [0.2, 0.25) is 9.84 Å². The molecule has 0 aliphatic carbocycles. The van der Waals surface area contributed by atoms with Crippen LogP contribution in [0.5, 0.6) is 0 Å². The van der Waals surface area contributed by atoms with Gasteiger partial charge in [0.15, 0.2) is 0 Å². The molecule has 2 aromatic carbocycles. The quantitative estimate of drug-likeness (QED) is 0.686. The van der Waals surface area contributed by atoms with E-state index in [2.05, 4.69) is 22.2 Å². The molecule has 2 N–H and O–H groups in total. The highest BCUT2D eigenvalue weighted by Gasteiger charge is 2.22. The summed E-state index contributed by atoms with van der Waals surface area (Å²) in [6, 6.07) is 14.4. The fourth-order valence-electron chi connectivity index (χ4n) is 3.49. The van der Waals surface area contributed by atoms with Crippen molar-refractivity contribution >= 4 is 38.0 Å². The number of hydrogen-bond acceptors (Lipinski definition) is 4. The van der Waals surface area contributed by atoms with Gasteiger partial charge in [-0.25, -0.2) is 8.42 Å². The van der Waals surface area contributed by atoms with E-state index in [0.29, 0.717) is 16.6 Å². The second kappa shape index (κ2) is 7.19. The number of hydrogen-bond donors (Lipinski definition) is 2. The van der Waals surface area contributed by atoms with Crippen LogP contribution in [0.3, 0.4) is 0 Å². The van der Waals surface area contributed by atoms with Gasteiger partial charge < -0.3 is 15.2 Å². The molecule has 3 aromatic rings. The van der Waals surface area contributed by atoms with Crippen LogP contribution in [0.4, 0.5) is 5.69 Å². The molecule has 142 valence electrons. The van der Waals surface area contributed by atoms with E-state index in [4.69, 9.17) is 11.6 Å². The molecule has 0 atom stereocenters. The molecule has 0 radical (unpaired) electrons. The van der Waals surface area contributed by atoms with Crippen LogP contribution >= 0.6 is 11.6 Å². The van der Waals surface area contributed by atoms with Crippen molar-refractivity contribution in [2.24, 2.45) is 0 Å². The minimum Gasteiger partial charge on any atom is -0.382 e. The number of likely N-dealkylation sites (tertiary alicyclic amines) is 1. The number of benzene rings is 2. The first-order valence-corrected chi connectivity index (χ1v) is 10.9. The van der Waals surface area contributed by atoms with Crippen LogP contribution in [0.2, 0.25) is 5.02 Å². The van der Waals surface area contributed by atoms with Crippen LogP contribution in [0.15, 0.2) is 58.5 Å². The third-order valence-electron chi connectivity index (χ3n) is 5.08. The van der Waals surface area contributed by atoms with Crippen molar-refractivity contribution in [2.45, 2.75) is 28.8 Å². The molecule has 0 unspecified atom stereocenters. The highest BCUT2D eigenvalue weighted by Crippen LogP contribution is 2.28. The van der Waals surface area contributed by atoms with E-state index >= 15 is 0 Å². The van der Waals surface area contributed by atoms with E-state index in [0.717, 1.165) is 37.0 Å². The van der Waals surface area contributed by atoms with Crippen molar-refractivity contribution in [2.75, 3.05) is 25.5 Å². The van der Waals surface area contributed by atoms with E-state index in [1.807, 2.05) is 12.1 Å². The first kappa shape index (κ1) is 18.3. The van der Waals surface area contributed by atoms with Crippen molar-refractivity contribution in [3.8, 4) is 0 Å². The van der Waals surface area contributed by atoms with Crippen LogP contribution < -0.4 is 5.32 Å². The van der Waals surface area contributed by atoms with Crippen molar-refractivity contribution < 1.29 is 8.42 Å². The number of piperidine rings is 1. The molecule has 1 aromatic heterocycles. The molecule has 1 saturated heterocycles. The summed E-state index contributed by atoms with van der Waals surface area (Å²) in [6.07, 6.45) is 2.10. The Kier molecular flexibility index (Phi) is 4.88. The Balaban J connectivity index is 1.61. The van der Waals surface area contributed by atoms with Gasteiger partial charge >= 0.3 is 0 Å².